The smallest absolute Gasteiger partial charge is 0.251 e. The summed E-state index contributed by atoms with van der Waals surface area (Å²) in [6.07, 6.45) is -0.570. The van der Waals surface area contributed by atoms with Crippen molar-refractivity contribution in [2.24, 2.45) is 5.84 Å². The van der Waals surface area contributed by atoms with Crippen molar-refractivity contribution < 1.29 is 13.6 Å². The Morgan fingerprint density at radius 1 is 1.50 bits per heavy atom. The van der Waals surface area contributed by atoms with Gasteiger partial charge in [-0.3, -0.25) is 10.2 Å². The zero-order valence-corrected chi connectivity index (χ0v) is 8.30. The van der Waals surface area contributed by atoms with Gasteiger partial charge in [-0.2, -0.15) is 0 Å². The Bertz CT molecular complexity index is 167. The Morgan fingerprint density at radius 2 is 2.14 bits per heavy atom. The quantitative estimate of drug-likeness (QED) is 0.275. The van der Waals surface area contributed by atoms with Crippen LogP contribution in [-0.2, 0) is 4.79 Å². The van der Waals surface area contributed by atoms with Crippen LogP contribution < -0.4 is 11.3 Å². The first-order valence-corrected chi connectivity index (χ1v) is 4.52. The first-order valence-electron chi connectivity index (χ1n) is 4.52. The van der Waals surface area contributed by atoms with Gasteiger partial charge in [-0.1, -0.05) is 0 Å². The van der Waals surface area contributed by atoms with E-state index >= 15 is 0 Å². The largest absolute Gasteiger partial charge is 0.301 e. The zero-order valence-electron chi connectivity index (χ0n) is 8.30. The van der Waals surface area contributed by atoms with E-state index in [4.69, 9.17) is 5.84 Å². The van der Waals surface area contributed by atoms with Gasteiger partial charge in [-0.25, -0.2) is 14.6 Å². The second-order valence-electron chi connectivity index (χ2n) is 3.18. The summed E-state index contributed by atoms with van der Waals surface area (Å²) in [7, 11) is 1.63. The van der Waals surface area contributed by atoms with Crippen LogP contribution in [0.4, 0.5) is 8.78 Å². The van der Waals surface area contributed by atoms with Gasteiger partial charge in [-0.05, 0) is 26.4 Å². The van der Waals surface area contributed by atoms with Crippen LogP contribution in [-0.4, -0.2) is 37.4 Å². The predicted octanol–water partition coefficient (Wildman–Crippen LogP) is 0.344. The van der Waals surface area contributed by atoms with Crippen LogP contribution in [0.3, 0.4) is 0 Å². The number of nitrogens with zero attached hydrogens (tertiary/aromatic N) is 1. The lowest BCUT2D eigenvalue weighted by molar-refractivity contribution is -0.121. The lowest BCUT2D eigenvalue weighted by Gasteiger charge is -2.15. The Labute approximate surface area is 82.4 Å². The summed E-state index contributed by atoms with van der Waals surface area (Å²) in [6.45, 7) is 0.352. The maximum absolute atomic E-state index is 11.9. The van der Waals surface area contributed by atoms with E-state index in [1.165, 1.54) is 0 Å². The van der Waals surface area contributed by atoms with Crippen LogP contribution in [0.1, 0.15) is 19.3 Å². The number of alkyl halides is 2. The van der Waals surface area contributed by atoms with Crippen LogP contribution in [0, 0.1) is 0 Å². The molecule has 0 aliphatic carbocycles. The molecule has 0 rings (SSSR count). The van der Waals surface area contributed by atoms with Gasteiger partial charge in [0.2, 0.25) is 5.91 Å². The number of amides is 1. The fraction of sp³-hybridized carbons (Fsp3) is 0.875. The highest BCUT2D eigenvalue weighted by Gasteiger charge is 2.07. The molecule has 14 heavy (non-hydrogen) atoms. The molecule has 0 aromatic heterocycles. The minimum atomic E-state index is -2.30. The predicted molar refractivity (Wildman–Crippen MR) is 49.7 cm³/mol. The maximum atomic E-state index is 11.9. The number of nitrogens with two attached hydrogens (primary N) is 1. The molecule has 0 saturated heterocycles. The molecular formula is C8H17F2N3O. The van der Waals surface area contributed by atoms with E-state index in [-0.39, 0.29) is 12.5 Å². The molecule has 1 amide bonds. The molecule has 0 saturated carbocycles. The average molecular weight is 209 g/mol. The number of halogens is 2. The second-order valence-corrected chi connectivity index (χ2v) is 3.18. The summed E-state index contributed by atoms with van der Waals surface area (Å²) >= 11 is 0. The van der Waals surface area contributed by atoms with E-state index in [9.17, 15) is 13.6 Å². The third-order valence-corrected chi connectivity index (χ3v) is 1.80. The van der Waals surface area contributed by atoms with Gasteiger partial charge in [0.15, 0.2) is 0 Å². The third kappa shape index (κ3) is 7.88. The lowest BCUT2D eigenvalue weighted by atomic mass is 10.2. The number of unbranched alkanes of at least 4 members (excludes halogenated alkanes) is 1. The molecule has 0 radical (unpaired) electrons. The summed E-state index contributed by atoms with van der Waals surface area (Å²) in [4.78, 5) is 12.2. The molecule has 0 heterocycles. The molecule has 4 nitrogen and oxygen atoms in total. The summed E-state index contributed by atoms with van der Waals surface area (Å²) in [5, 5.41) is 0. The van der Waals surface area contributed by atoms with Crippen molar-refractivity contribution in [1.29, 1.82) is 0 Å². The van der Waals surface area contributed by atoms with Gasteiger partial charge in [0.05, 0.1) is 6.54 Å². The van der Waals surface area contributed by atoms with E-state index in [1.54, 1.807) is 11.9 Å². The van der Waals surface area contributed by atoms with Crippen LogP contribution in [0.15, 0.2) is 0 Å². The summed E-state index contributed by atoms with van der Waals surface area (Å²) in [5.41, 5.74) is 2.01. The SMILES string of the molecule is CN(CCCCC(=O)NN)CC(F)F. The van der Waals surface area contributed by atoms with Gasteiger partial charge in [-0.15, -0.1) is 0 Å². The van der Waals surface area contributed by atoms with Crippen molar-refractivity contribution in [3.8, 4) is 0 Å². The first-order chi connectivity index (χ1) is 6.56. The molecule has 0 unspecified atom stereocenters. The highest BCUT2D eigenvalue weighted by Crippen LogP contribution is 2.00. The lowest BCUT2D eigenvalue weighted by Crippen LogP contribution is -2.30. The van der Waals surface area contributed by atoms with Crippen molar-refractivity contribution in [2.75, 3.05) is 20.1 Å². The molecule has 0 aromatic carbocycles. The monoisotopic (exact) mass is 209 g/mol. The average Bonchev–Trinajstić information content (AvgIpc) is 2.10. The third-order valence-electron chi connectivity index (χ3n) is 1.80. The van der Waals surface area contributed by atoms with Crippen LogP contribution >= 0.6 is 0 Å². The van der Waals surface area contributed by atoms with E-state index < -0.39 is 6.43 Å². The summed E-state index contributed by atoms with van der Waals surface area (Å²) in [6, 6.07) is 0. The minimum absolute atomic E-state index is 0.219. The number of carbonyl (C=O) groups is 1. The Morgan fingerprint density at radius 3 is 2.64 bits per heavy atom. The molecular weight excluding hydrogens is 192 g/mol. The second kappa shape index (κ2) is 7.64. The molecule has 0 aliphatic rings. The highest BCUT2D eigenvalue weighted by atomic mass is 19.3. The number of nitrogens with one attached hydrogen (secondary N) is 1. The van der Waals surface area contributed by atoms with E-state index in [0.29, 0.717) is 19.4 Å². The summed E-state index contributed by atoms with van der Waals surface area (Å²) < 4.78 is 23.7. The molecule has 0 atom stereocenters. The van der Waals surface area contributed by atoms with Crippen LogP contribution in [0.5, 0.6) is 0 Å². The molecule has 0 aromatic rings. The van der Waals surface area contributed by atoms with Crippen molar-refractivity contribution in [1.82, 2.24) is 10.3 Å². The van der Waals surface area contributed by atoms with E-state index in [1.807, 2.05) is 5.43 Å². The molecule has 6 heteroatoms. The fourth-order valence-electron chi connectivity index (χ4n) is 1.07. The minimum Gasteiger partial charge on any atom is -0.301 e. The van der Waals surface area contributed by atoms with Gasteiger partial charge in [0.25, 0.3) is 6.43 Å². The Hall–Kier alpha value is -0.750. The Kier molecular flexibility index (Phi) is 7.23. The molecule has 84 valence electrons. The zero-order chi connectivity index (χ0) is 11.0. The number of hydrogen-bond acceptors (Lipinski definition) is 3. The number of hydrazine groups is 1. The van der Waals surface area contributed by atoms with Gasteiger partial charge < -0.3 is 4.90 Å². The van der Waals surface area contributed by atoms with Gasteiger partial charge >= 0.3 is 0 Å². The normalized spacial score (nSPS) is 11.0. The first kappa shape index (κ1) is 13.2. The van der Waals surface area contributed by atoms with Crippen molar-refractivity contribution in [2.45, 2.75) is 25.7 Å². The fourth-order valence-corrected chi connectivity index (χ4v) is 1.07. The van der Waals surface area contributed by atoms with Gasteiger partial charge in [0.1, 0.15) is 0 Å². The Balaban J connectivity index is 3.31. The molecule has 0 bridgehead atoms. The van der Waals surface area contributed by atoms with Crippen molar-refractivity contribution in [3.05, 3.63) is 0 Å². The van der Waals surface area contributed by atoms with Crippen LogP contribution in [0.2, 0.25) is 0 Å². The molecule has 0 fully saturated rings. The number of carbonyl (C=O) groups excluding carboxylic acids is 1. The maximum Gasteiger partial charge on any atom is 0.251 e. The van der Waals surface area contributed by atoms with Gasteiger partial charge in [0, 0.05) is 6.42 Å². The van der Waals surface area contributed by atoms with E-state index in [2.05, 4.69) is 0 Å². The molecule has 0 aliphatic heterocycles. The topological polar surface area (TPSA) is 58.4 Å². The standard InChI is InChI=1S/C8H17F2N3O/c1-13(6-7(9)10)5-3-2-4-8(14)12-11/h7H,2-6,11H2,1H3,(H,12,14). The number of rotatable bonds is 7. The molecule has 0 spiro atoms. The number of hydrogen-bond donors (Lipinski definition) is 2. The van der Waals surface area contributed by atoms with Crippen molar-refractivity contribution >= 4 is 5.91 Å². The van der Waals surface area contributed by atoms with Crippen LogP contribution in [0.25, 0.3) is 0 Å². The molecule has 3 N–H and O–H groups in total. The highest BCUT2D eigenvalue weighted by molar-refractivity contribution is 5.74. The van der Waals surface area contributed by atoms with Crippen molar-refractivity contribution in [3.63, 3.8) is 0 Å². The van der Waals surface area contributed by atoms with E-state index in [0.717, 1.165) is 6.42 Å². The summed E-state index contributed by atoms with van der Waals surface area (Å²) in [5.74, 6) is 4.65.